The Morgan fingerprint density at radius 1 is 0.875 bits per heavy atom. The summed E-state index contributed by atoms with van der Waals surface area (Å²) in [5.74, 6) is -1.36. The highest BCUT2D eigenvalue weighted by atomic mass is 32.2. The van der Waals surface area contributed by atoms with Crippen LogP contribution >= 0.6 is 0 Å². The van der Waals surface area contributed by atoms with Gasteiger partial charge in [-0.15, -0.1) is 0 Å². The zero-order valence-corrected chi connectivity index (χ0v) is 28.8. The molecule has 1 amide bonds. The summed E-state index contributed by atoms with van der Waals surface area (Å²) in [5.41, 5.74) is 8.44. The molecule has 1 aliphatic carbocycles. The number of hydrogen-bond donors (Lipinski definition) is 4. The van der Waals surface area contributed by atoms with Crippen molar-refractivity contribution in [1.82, 2.24) is 9.62 Å². The van der Waals surface area contributed by atoms with E-state index in [2.05, 4.69) is 5.32 Å². The molecule has 5 N–H and O–H groups in total. The highest BCUT2D eigenvalue weighted by molar-refractivity contribution is 7.89. The van der Waals surface area contributed by atoms with E-state index in [0.29, 0.717) is 42.4 Å². The number of rotatable bonds is 18. The number of amides is 1. The number of benzene rings is 3. The molecule has 4 rings (SSSR count). The summed E-state index contributed by atoms with van der Waals surface area (Å²) in [6, 6.07) is 15.8. The molecule has 3 aromatic rings. The van der Waals surface area contributed by atoms with Gasteiger partial charge in [-0.3, -0.25) is 4.79 Å². The normalized spacial score (nSPS) is 16.2. The molecule has 0 aliphatic heterocycles. The molecule has 0 spiro atoms. The van der Waals surface area contributed by atoms with Crippen molar-refractivity contribution in [3.63, 3.8) is 0 Å². The first kappa shape index (κ1) is 37.6. The number of halogens is 2. The van der Waals surface area contributed by atoms with Crippen molar-refractivity contribution in [3.8, 4) is 0 Å². The molecule has 8 nitrogen and oxygen atoms in total. The molecule has 0 radical (unpaired) electrons. The summed E-state index contributed by atoms with van der Waals surface area (Å²) in [7, 11) is -3.94. The Morgan fingerprint density at radius 3 is 1.85 bits per heavy atom. The largest absolute Gasteiger partial charge is 0.395 e. The van der Waals surface area contributed by atoms with E-state index < -0.39 is 45.8 Å². The van der Waals surface area contributed by atoms with Gasteiger partial charge in [-0.2, -0.15) is 4.31 Å². The summed E-state index contributed by atoms with van der Waals surface area (Å²) in [6.45, 7) is 5.53. The predicted molar refractivity (Wildman–Crippen MR) is 182 cm³/mol. The Labute approximate surface area is 283 Å². The van der Waals surface area contributed by atoms with Gasteiger partial charge in [-0.05, 0) is 110 Å². The van der Waals surface area contributed by atoms with E-state index in [9.17, 15) is 32.2 Å². The molecule has 0 heterocycles. The van der Waals surface area contributed by atoms with Gasteiger partial charge in [-0.25, -0.2) is 17.2 Å². The molecule has 4 atom stereocenters. The average molecular weight is 686 g/mol. The number of nitrogens with two attached hydrogens (primary N) is 1. The number of carbonyl (C=O) groups is 1. The molecule has 0 bridgehead atoms. The molecule has 48 heavy (non-hydrogen) atoms. The first-order valence-electron chi connectivity index (χ1n) is 16.8. The first-order chi connectivity index (χ1) is 22.8. The first-order valence-corrected chi connectivity index (χ1v) is 18.2. The summed E-state index contributed by atoms with van der Waals surface area (Å²) in [4.78, 5) is 13.7. The van der Waals surface area contributed by atoms with Crippen molar-refractivity contribution in [2.24, 2.45) is 17.6 Å². The maximum absolute atomic E-state index is 13.8. The molecular weight excluding hydrogens is 636 g/mol. The average Bonchev–Trinajstić information content (AvgIpc) is 3.91. The fraction of sp³-hybridized carbons (Fsp3) is 0.486. The smallest absolute Gasteiger partial charge is 0.243 e. The number of nitrogens with zero attached hydrogens (tertiary/aromatic N) is 1. The lowest BCUT2D eigenvalue weighted by Crippen LogP contribution is -2.49. The summed E-state index contributed by atoms with van der Waals surface area (Å²) in [6.07, 6.45) is 3.28. The zero-order chi connectivity index (χ0) is 35.0. The van der Waals surface area contributed by atoms with Crippen LogP contribution in [-0.4, -0.2) is 60.1 Å². The third-order valence-electron chi connectivity index (χ3n) is 9.21. The maximum atomic E-state index is 13.8. The summed E-state index contributed by atoms with van der Waals surface area (Å²) < 4.78 is 56.5. The Balaban J connectivity index is 1.47. The molecule has 0 unspecified atom stereocenters. The molecule has 0 aromatic heterocycles. The lowest BCUT2D eigenvalue weighted by Gasteiger charge is -2.31. The Bertz CT molecular complexity index is 1520. The van der Waals surface area contributed by atoms with Crippen LogP contribution in [0.4, 0.5) is 8.78 Å². The minimum atomic E-state index is -3.94. The van der Waals surface area contributed by atoms with E-state index in [1.165, 1.54) is 40.7 Å². The topological polar surface area (TPSA) is 133 Å². The second-order valence-corrected chi connectivity index (χ2v) is 15.3. The Morgan fingerprint density at radius 2 is 1.40 bits per heavy atom. The van der Waals surface area contributed by atoms with Crippen molar-refractivity contribution in [2.75, 3.05) is 13.2 Å². The number of aliphatic hydroxyl groups is 2. The molecule has 1 aliphatic rings. The van der Waals surface area contributed by atoms with Gasteiger partial charge in [0.15, 0.2) is 0 Å². The number of carbonyl (C=O) groups excluding carboxylic acids is 1. The highest BCUT2D eigenvalue weighted by Crippen LogP contribution is 2.36. The van der Waals surface area contributed by atoms with Crippen LogP contribution in [-0.2, 0) is 14.8 Å². The van der Waals surface area contributed by atoms with E-state index in [-0.39, 0.29) is 41.8 Å². The minimum absolute atomic E-state index is 0.100. The maximum Gasteiger partial charge on any atom is 0.243 e. The third-order valence-corrected chi connectivity index (χ3v) is 11.2. The fourth-order valence-corrected chi connectivity index (χ4v) is 7.80. The minimum Gasteiger partial charge on any atom is -0.395 e. The van der Waals surface area contributed by atoms with Crippen molar-refractivity contribution in [2.45, 2.75) is 94.3 Å². The van der Waals surface area contributed by atoms with Crippen LogP contribution < -0.4 is 11.1 Å². The summed E-state index contributed by atoms with van der Waals surface area (Å²) >= 11 is 0. The number of nitrogens with one attached hydrogen (secondary N) is 1. The quantitative estimate of drug-likeness (QED) is 0.137. The molecule has 11 heteroatoms. The lowest BCUT2D eigenvalue weighted by molar-refractivity contribution is -0.123. The van der Waals surface area contributed by atoms with Crippen molar-refractivity contribution in [1.29, 1.82) is 0 Å². The van der Waals surface area contributed by atoms with Crippen LogP contribution in [0.3, 0.4) is 0 Å². The van der Waals surface area contributed by atoms with Crippen LogP contribution in [0, 0.1) is 23.5 Å². The molecule has 1 fully saturated rings. The van der Waals surface area contributed by atoms with Crippen LogP contribution in [0.1, 0.15) is 88.0 Å². The second-order valence-electron chi connectivity index (χ2n) is 13.4. The van der Waals surface area contributed by atoms with Crippen molar-refractivity contribution >= 4 is 15.9 Å². The van der Waals surface area contributed by atoms with Crippen molar-refractivity contribution in [3.05, 3.63) is 101 Å². The van der Waals surface area contributed by atoms with E-state index >= 15 is 0 Å². The predicted octanol–water partition coefficient (Wildman–Crippen LogP) is 5.64. The van der Waals surface area contributed by atoms with E-state index in [1.807, 2.05) is 13.8 Å². The monoisotopic (exact) mass is 685 g/mol. The van der Waals surface area contributed by atoms with E-state index in [1.54, 1.807) is 43.3 Å². The highest BCUT2D eigenvalue weighted by Gasteiger charge is 2.36. The van der Waals surface area contributed by atoms with Crippen LogP contribution in [0.2, 0.25) is 0 Å². The van der Waals surface area contributed by atoms with Gasteiger partial charge >= 0.3 is 0 Å². The van der Waals surface area contributed by atoms with Gasteiger partial charge in [0.1, 0.15) is 11.6 Å². The number of sulfonamides is 1. The third kappa shape index (κ3) is 9.92. The molecular formula is C37H49F2N3O5S. The van der Waals surface area contributed by atoms with Crippen molar-refractivity contribution < 1.29 is 32.2 Å². The van der Waals surface area contributed by atoms with Gasteiger partial charge in [0.05, 0.1) is 23.6 Å². The van der Waals surface area contributed by atoms with Crippen LogP contribution in [0.25, 0.3) is 0 Å². The SMILES string of the molecule is CC(C)CCN([C@H](CO)CCC[C@@H](NC(=O)[C@@H](N)C(c1ccc(F)cc1)c1ccc(F)cc1)C1CC1)S(=O)(=O)c1ccc([C@H](C)O)cc1. The number of hydrogen-bond acceptors (Lipinski definition) is 6. The summed E-state index contributed by atoms with van der Waals surface area (Å²) in [5, 5.41) is 23.4. The Kier molecular flexibility index (Phi) is 13.3. The van der Waals surface area contributed by atoms with Gasteiger partial charge in [0.25, 0.3) is 0 Å². The zero-order valence-electron chi connectivity index (χ0n) is 27.9. The van der Waals surface area contributed by atoms with E-state index in [0.717, 1.165) is 12.8 Å². The second kappa shape index (κ2) is 16.9. The van der Waals surface area contributed by atoms with Crippen LogP contribution in [0.5, 0.6) is 0 Å². The Hall–Kier alpha value is -3.22. The van der Waals surface area contributed by atoms with Gasteiger partial charge in [0.2, 0.25) is 15.9 Å². The number of aliphatic hydroxyl groups excluding tert-OH is 2. The molecule has 262 valence electrons. The van der Waals surface area contributed by atoms with Gasteiger partial charge < -0.3 is 21.3 Å². The molecule has 1 saturated carbocycles. The molecule has 3 aromatic carbocycles. The van der Waals surface area contributed by atoms with Gasteiger partial charge in [0, 0.05) is 24.5 Å². The standard InChI is InChI=1S/C37H49F2N3O5S/c1-24(2)21-22-42(48(46,47)33-19-13-26(14-20-33)25(3)44)32(23-43)5-4-6-34(27-7-8-27)41-37(45)36(40)35(28-9-15-30(38)16-10-28)29-11-17-31(39)18-12-29/h9-20,24-25,27,32,34-36,43-44H,4-8,21-23,40H2,1-3H3,(H,41,45)/t25-,32-,34+,36-/m0/s1. The molecule has 0 saturated heterocycles. The fourth-order valence-electron chi connectivity index (χ4n) is 6.14. The van der Waals surface area contributed by atoms with Gasteiger partial charge in [-0.1, -0.05) is 50.2 Å². The van der Waals surface area contributed by atoms with Crippen LogP contribution in [0.15, 0.2) is 77.7 Å². The lowest BCUT2D eigenvalue weighted by atomic mass is 9.84. The van der Waals surface area contributed by atoms with E-state index in [4.69, 9.17) is 5.73 Å².